The first-order valence-electron chi connectivity index (χ1n) is 7.62. The number of hydrogen-bond donors (Lipinski definition) is 1. The summed E-state index contributed by atoms with van der Waals surface area (Å²) in [6.07, 6.45) is 0. The number of rotatable bonds is 5. The maximum absolute atomic E-state index is 12.2. The Labute approximate surface area is 150 Å². The zero-order valence-electron chi connectivity index (χ0n) is 13.6. The van der Waals surface area contributed by atoms with E-state index in [0.717, 1.165) is 11.3 Å². The van der Waals surface area contributed by atoms with E-state index in [1.165, 1.54) is 0 Å². The van der Waals surface area contributed by atoms with Crippen molar-refractivity contribution in [1.82, 2.24) is 4.90 Å². The van der Waals surface area contributed by atoms with Crippen molar-refractivity contribution in [2.45, 2.75) is 6.54 Å². The summed E-state index contributed by atoms with van der Waals surface area (Å²) in [4.78, 5) is 14.1. The average molecular weight is 358 g/mol. The van der Waals surface area contributed by atoms with Crippen molar-refractivity contribution in [3.8, 4) is 17.6 Å². The number of carbonyl (C=O) groups excluding carboxylic acids is 1. The van der Waals surface area contributed by atoms with Crippen LogP contribution in [0.5, 0.6) is 11.5 Å². The van der Waals surface area contributed by atoms with Gasteiger partial charge in [-0.2, -0.15) is 5.26 Å². The maximum atomic E-state index is 12.2. The van der Waals surface area contributed by atoms with E-state index >= 15 is 0 Å². The lowest BCUT2D eigenvalue weighted by Crippen LogP contribution is -2.30. The smallest absolute Gasteiger partial charge is 0.238 e. The second kappa shape index (κ2) is 7.43. The van der Waals surface area contributed by atoms with Gasteiger partial charge in [-0.15, -0.1) is 0 Å². The van der Waals surface area contributed by atoms with Gasteiger partial charge in [0.1, 0.15) is 6.07 Å². The normalized spacial score (nSPS) is 12.1. The minimum absolute atomic E-state index is 0.172. The Morgan fingerprint density at radius 2 is 2.08 bits per heavy atom. The summed E-state index contributed by atoms with van der Waals surface area (Å²) in [5.41, 5.74) is 1.80. The van der Waals surface area contributed by atoms with Crippen molar-refractivity contribution in [2.24, 2.45) is 0 Å². The van der Waals surface area contributed by atoms with Crippen LogP contribution in [0, 0.1) is 11.3 Å². The molecule has 0 aliphatic carbocycles. The highest BCUT2D eigenvalue weighted by Gasteiger charge is 2.15. The van der Waals surface area contributed by atoms with Gasteiger partial charge in [-0.1, -0.05) is 17.7 Å². The molecular formula is C18H16ClN3O3. The Balaban J connectivity index is 1.59. The summed E-state index contributed by atoms with van der Waals surface area (Å²) in [6.45, 7) is 0.981. The number of fused-ring (bicyclic) bond motifs is 1. The van der Waals surface area contributed by atoms with Gasteiger partial charge in [0.2, 0.25) is 12.7 Å². The first-order chi connectivity index (χ1) is 12.0. The van der Waals surface area contributed by atoms with Crippen molar-refractivity contribution in [2.75, 3.05) is 25.7 Å². The molecule has 0 atom stereocenters. The van der Waals surface area contributed by atoms with Gasteiger partial charge in [-0.3, -0.25) is 9.69 Å². The van der Waals surface area contributed by atoms with Gasteiger partial charge >= 0.3 is 0 Å². The molecule has 0 saturated carbocycles. The number of halogens is 1. The van der Waals surface area contributed by atoms with E-state index in [-0.39, 0.29) is 19.2 Å². The summed E-state index contributed by atoms with van der Waals surface area (Å²) in [7, 11) is 1.84. The molecule has 1 heterocycles. The number of ether oxygens (including phenoxy) is 2. The molecule has 0 fully saturated rings. The SMILES string of the molecule is CN(CC(=O)Nc1cc(Cl)ccc1C#N)Cc1ccc2c(c1)OCO2. The van der Waals surface area contributed by atoms with E-state index in [0.29, 0.717) is 28.6 Å². The molecule has 1 N–H and O–H groups in total. The standard InChI is InChI=1S/C18H16ClN3O3/c1-22(9-12-2-5-16-17(6-12)25-11-24-16)10-18(23)21-15-7-14(19)4-3-13(15)8-20/h2-7H,9-11H2,1H3,(H,21,23). The Morgan fingerprint density at radius 3 is 2.88 bits per heavy atom. The molecule has 1 amide bonds. The van der Waals surface area contributed by atoms with Crippen molar-refractivity contribution in [3.63, 3.8) is 0 Å². The molecule has 3 rings (SSSR count). The molecule has 2 aromatic carbocycles. The Bertz CT molecular complexity index is 848. The fraction of sp³-hybridized carbons (Fsp3) is 0.222. The van der Waals surface area contributed by atoms with Gasteiger partial charge in [-0.05, 0) is 42.9 Å². The van der Waals surface area contributed by atoms with Gasteiger partial charge in [0, 0.05) is 11.6 Å². The van der Waals surface area contributed by atoms with Crippen molar-refractivity contribution in [1.29, 1.82) is 5.26 Å². The lowest BCUT2D eigenvalue weighted by Gasteiger charge is -2.17. The number of amides is 1. The summed E-state index contributed by atoms with van der Waals surface area (Å²) in [6, 6.07) is 12.5. The highest BCUT2D eigenvalue weighted by atomic mass is 35.5. The minimum atomic E-state index is -0.220. The molecule has 0 unspecified atom stereocenters. The van der Waals surface area contributed by atoms with Crippen LogP contribution in [0.1, 0.15) is 11.1 Å². The van der Waals surface area contributed by atoms with Gasteiger partial charge in [0.15, 0.2) is 11.5 Å². The Hall–Kier alpha value is -2.75. The van der Waals surface area contributed by atoms with E-state index in [4.69, 9.17) is 26.3 Å². The largest absolute Gasteiger partial charge is 0.454 e. The molecule has 0 aromatic heterocycles. The summed E-state index contributed by atoms with van der Waals surface area (Å²) < 4.78 is 10.6. The van der Waals surface area contributed by atoms with Crippen LogP contribution >= 0.6 is 11.6 Å². The first kappa shape index (κ1) is 17.1. The number of nitrogens with one attached hydrogen (secondary N) is 1. The number of hydrogen-bond acceptors (Lipinski definition) is 5. The van der Waals surface area contributed by atoms with Crippen LogP contribution in [-0.2, 0) is 11.3 Å². The fourth-order valence-corrected chi connectivity index (χ4v) is 2.73. The monoisotopic (exact) mass is 357 g/mol. The summed E-state index contributed by atoms with van der Waals surface area (Å²) in [5, 5.41) is 12.3. The van der Waals surface area contributed by atoms with Crippen LogP contribution in [0.3, 0.4) is 0 Å². The third-order valence-corrected chi connectivity index (χ3v) is 3.91. The number of benzene rings is 2. The van der Waals surface area contributed by atoms with Gasteiger partial charge in [0.25, 0.3) is 0 Å². The first-order valence-corrected chi connectivity index (χ1v) is 7.99. The van der Waals surface area contributed by atoms with Crippen LogP contribution in [0.2, 0.25) is 5.02 Å². The van der Waals surface area contributed by atoms with Crippen LogP contribution in [0.4, 0.5) is 5.69 Å². The molecule has 0 spiro atoms. The molecule has 1 aliphatic heterocycles. The molecule has 25 heavy (non-hydrogen) atoms. The summed E-state index contributed by atoms with van der Waals surface area (Å²) in [5.74, 6) is 1.23. The van der Waals surface area contributed by atoms with Crippen LogP contribution in [-0.4, -0.2) is 31.2 Å². The minimum Gasteiger partial charge on any atom is -0.454 e. The number of likely N-dealkylation sites (N-methyl/N-ethyl adjacent to an activating group) is 1. The van der Waals surface area contributed by atoms with Crippen molar-refractivity contribution >= 4 is 23.2 Å². The lowest BCUT2D eigenvalue weighted by molar-refractivity contribution is -0.117. The zero-order chi connectivity index (χ0) is 17.8. The molecule has 1 aliphatic rings. The molecular weight excluding hydrogens is 342 g/mol. The van der Waals surface area contributed by atoms with E-state index in [9.17, 15) is 4.79 Å². The number of anilines is 1. The topological polar surface area (TPSA) is 74.6 Å². The zero-order valence-corrected chi connectivity index (χ0v) is 14.3. The summed E-state index contributed by atoms with van der Waals surface area (Å²) >= 11 is 5.92. The highest BCUT2D eigenvalue weighted by molar-refractivity contribution is 6.31. The second-order valence-corrected chi connectivity index (χ2v) is 6.15. The molecule has 6 nitrogen and oxygen atoms in total. The fourth-order valence-electron chi connectivity index (χ4n) is 2.56. The number of nitrogens with zero attached hydrogens (tertiary/aromatic N) is 2. The molecule has 2 aromatic rings. The third kappa shape index (κ3) is 4.21. The molecule has 128 valence electrons. The molecule has 0 saturated heterocycles. The van der Waals surface area contributed by atoms with Crippen molar-refractivity contribution in [3.05, 3.63) is 52.5 Å². The lowest BCUT2D eigenvalue weighted by atomic mass is 10.2. The van der Waals surface area contributed by atoms with E-state index in [1.54, 1.807) is 18.2 Å². The van der Waals surface area contributed by atoms with Gasteiger partial charge in [0.05, 0.1) is 17.8 Å². The molecule has 7 heteroatoms. The third-order valence-electron chi connectivity index (χ3n) is 3.68. The van der Waals surface area contributed by atoms with E-state index in [2.05, 4.69) is 5.32 Å². The molecule has 0 bridgehead atoms. The van der Waals surface area contributed by atoms with E-state index < -0.39 is 0 Å². The van der Waals surface area contributed by atoms with Crippen LogP contribution < -0.4 is 14.8 Å². The molecule has 0 radical (unpaired) electrons. The maximum Gasteiger partial charge on any atom is 0.238 e. The van der Waals surface area contributed by atoms with E-state index in [1.807, 2.05) is 36.2 Å². The second-order valence-electron chi connectivity index (χ2n) is 5.71. The Morgan fingerprint density at radius 1 is 1.28 bits per heavy atom. The number of carbonyl (C=O) groups is 1. The predicted octanol–water partition coefficient (Wildman–Crippen LogP) is 3.01. The number of nitriles is 1. The van der Waals surface area contributed by atoms with Crippen molar-refractivity contribution < 1.29 is 14.3 Å². The van der Waals surface area contributed by atoms with Gasteiger partial charge < -0.3 is 14.8 Å². The van der Waals surface area contributed by atoms with Crippen LogP contribution in [0.15, 0.2) is 36.4 Å². The average Bonchev–Trinajstić information content (AvgIpc) is 3.02. The highest BCUT2D eigenvalue weighted by Crippen LogP contribution is 2.32. The Kier molecular flexibility index (Phi) is 5.08. The van der Waals surface area contributed by atoms with Gasteiger partial charge in [-0.25, -0.2) is 0 Å². The van der Waals surface area contributed by atoms with Crippen LogP contribution in [0.25, 0.3) is 0 Å². The quantitative estimate of drug-likeness (QED) is 0.890. The predicted molar refractivity (Wildman–Crippen MR) is 93.7 cm³/mol.